The van der Waals surface area contributed by atoms with Crippen molar-refractivity contribution < 1.29 is 43.9 Å². The van der Waals surface area contributed by atoms with Crippen molar-refractivity contribution in [3.8, 4) is 11.5 Å². The summed E-state index contributed by atoms with van der Waals surface area (Å²) in [6.45, 7) is 0.184. The van der Waals surface area contributed by atoms with E-state index < -0.39 is 30.1 Å². The molecule has 11 heteroatoms. The summed E-state index contributed by atoms with van der Waals surface area (Å²) in [5.41, 5.74) is 1.46. The molecular weight excluding hydrogens is 472 g/mol. The molecule has 198 valence electrons. The first-order valence-electron chi connectivity index (χ1n) is 12.1. The summed E-state index contributed by atoms with van der Waals surface area (Å²) in [4.78, 5) is 27.9. The van der Waals surface area contributed by atoms with Gasteiger partial charge in [-0.1, -0.05) is 0 Å². The van der Waals surface area contributed by atoms with Crippen molar-refractivity contribution in [1.82, 2.24) is 10.2 Å². The molecule has 2 aliphatic heterocycles. The lowest BCUT2D eigenvalue weighted by Gasteiger charge is -2.41. The average Bonchev–Trinajstić information content (AvgIpc) is 3.54. The maximum atomic E-state index is 13.3. The zero-order valence-corrected chi connectivity index (χ0v) is 20.5. The van der Waals surface area contributed by atoms with Gasteiger partial charge in [-0.15, -0.1) is 0 Å². The van der Waals surface area contributed by atoms with Gasteiger partial charge in [-0.25, -0.2) is 0 Å². The number of nitrogens with one attached hydrogen (secondary N) is 1. The molecule has 0 spiro atoms. The van der Waals surface area contributed by atoms with Gasteiger partial charge in [0, 0.05) is 37.9 Å². The van der Waals surface area contributed by atoms with Crippen molar-refractivity contribution in [2.45, 2.75) is 49.7 Å². The summed E-state index contributed by atoms with van der Waals surface area (Å²) in [6.07, 6.45) is 0.992. The molecule has 1 aliphatic carbocycles. The Morgan fingerprint density at radius 3 is 2.69 bits per heavy atom. The highest BCUT2D eigenvalue weighted by molar-refractivity contribution is 5.96. The minimum absolute atomic E-state index is 0.0384. The molecule has 0 unspecified atom stereocenters. The van der Waals surface area contributed by atoms with Gasteiger partial charge in [0.1, 0.15) is 18.8 Å². The smallest absolute Gasteiger partial charge is 0.249 e. The van der Waals surface area contributed by atoms with Crippen LogP contribution < -0.4 is 14.8 Å². The molecule has 4 rings (SSSR count). The van der Waals surface area contributed by atoms with E-state index in [1.807, 2.05) is 0 Å². The molecule has 4 N–H and O–H groups in total. The number of aliphatic hydroxyl groups excluding tert-OH is 3. The van der Waals surface area contributed by atoms with E-state index in [0.29, 0.717) is 34.8 Å². The van der Waals surface area contributed by atoms with Crippen LogP contribution in [0.1, 0.15) is 29.9 Å². The van der Waals surface area contributed by atoms with E-state index in [-0.39, 0.29) is 44.9 Å². The number of aliphatic hydroxyl groups is 3. The number of fused-ring (bicyclic) bond motifs is 3. The first-order valence-corrected chi connectivity index (χ1v) is 12.1. The quantitative estimate of drug-likeness (QED) is 0.329. The monoisotopic (exact) mass is 506 g/mol. The van der Waals surface area contributed by atoms with Gasteiger partial charge in [0.25, 0.3) is 0 Å². The third kappa shape index (κ3) is 5.07. The Bertz CT molecular complexity index is 992. The van der Waals surface area contributed by atoms with E-state index in [1.165, 1.54) is 19.1 Å². The molecule has 5 atom stereocenters. The fourth-order valence-corrected chi connectivity index (χ4v) is 5.22. The summed E-state index contributed by atoms with van der Waals surface area (Å²) in [6, 6.07) is 2.48. The minimum atomic E-state index is -1.18. The lowest BCUT2D eigenvalue weighted by Crippen LogP contribution is -2.57. The summed E-state index contributed by atoms with van der Waals surface area (Å²) in [5, 5.41) is 33.2. The maximum Gasteiger partial charge on any atom is 0.249 e. The van der Waals surface area contributed by atoms with E-state index >= 15 is 0 Å². The second kappa shape index (κ2) is 11.6. The number of hydrogen-bond donors (Lipinski definition) is 4. The van der Waals surface area contributed by atoms with Gasteiger partial charge < -0.3 is 44.5 Å². The highest BCUT2D eigenvalue weighted by Crippen LogP contribution is 2.51. The number of hydrogen-bond acceptors (Lipinski definition) is 9. The third-order valence-electron chi connectivity index (χ3n) is 6.87. The van der Waals surface area contributed by atoms with Gasteiger partial charge in [-0.2, -0.15) is 0 Å². The van der Waals surface area contributed by atoms with Crippen LogP contribution in [0.15, 0.2) is 23.8 Å². The number of ether oxygens (including phenoxy) is 4. The Morgan fingerprint density at radius 1 is 1.25 bits per heavy atom. The molecule has 11 nitrogen and oxygen atoms in total. The van der Waals surface area contributed by atoms with Crippen LogP contribution in [0.25, 0.3) is 0 Å². The Balaban J connectivity index is 1.78. The third-order valence-corrected chi connectivity index (χ3v) is 6.87. The highest BCUT2D eigenvalue weighted by Gasteiger charge is 2.51. The molecule has 2 amide bonds. The molecule has 1 fully saturated rings. The van der Waals surface area contributed by atoms with Crippen molar-refractivity contribution >= 4 is 11.8 Å². The topological polar surface area (TPSA) is 147 Å². The van der Waals surface area contributed by atoms with Crippen LogP contribution in [0.4, 0.5) is 0 Å². The van der Waals surface area contributed by atoms with E-state index in [1.54, 1.807) is 18.2 Å². The summed E-state index contributed by atoms with van der Waals surface area (Å²) >= 11 is 0. The normalized spacial score (nSPS) is 26.5. The molecule has 1 saturated heterocycles. The van der Waals surface area contributed by atoms with Crippen LogP contribution in [-0.2, 0) is 25.7 Å². The molecule has 0 saturated carbocycles. The number of benzene rings is 1. The van der Waals surface area contributed by atoms with Gasteiger partial charge in [-0.3, -0.25) is 9.59 Å². The Kier molecular flexibility index (Phi) is 8.47. The standard InChI is InChI=1S/C25H34N2O9/c1-33-13-20(30)27(11-15-4-3-7-35-15)18-10-17(25(32)26-5-6-28)21-16-8-14(12-29)9-19(34-2)23(16)36-24(21)22(18)31/h8-10,15,18,21-22,24,28-29,31H,3-7,11-13H2,1-2H3,(H,26,32)/t15-,18-,21+,22+,24+/m1/s1. The molecule has 0 radical (unpaired) electrons. The Labute approximate surface area is 209 Å². The fourth-order valence-electron chi connectivity index (χ4n) is 5.22. The van der Waals surface area contributed by atoms with Gasteiger partial charge in [0.05, 0.1) is 38.4 Å². The van der Waals surface area contributed by atoms with Crippen LogP contribution in [0.5, 0.6) is 11.5 Å². The van der Waals surface area contributed by atoms with Crippen molar-refractivity contribution in [2.24, 2.45) is 0 Å². The zero-order valence-electron chi connectivity index (χ0n) is 20.5. The molecule has 36 heavy (non-hydrogen) atoms. The molecule has 0 bridgehead atoms. The van der Waals surface area contributed by atoms with Gasteiger partial charge >= 0.3 is 0 Å². The predicted molar refractivity (Wildman–Crippen MR) is 127 cm³/mol. The van der Waals surface area contributed by atoms with Crippen LogP contribution in [-0.4, -0.2) is 104 Å². The summed E-state index contributed by atoms with van der Waals surface area (Å²) in [5.74, 6) is -0.724. The number of rotatable bonds is 10. The van der Waals surface area contributed by atoms with Gasteiger partial charge in [0.15, 0.2) is 11.5 Å². The lowest BCUT2D eigenvalue weighted by molar-refractivity contribution is -0.143. The zero-order chi connectivity index (χ0) is 25.8. The first-order chi connectivity index (χ1) is 17.4. The fraction of sp³-hybridized carbons (Fsp3) is 0.600. The molecule has 0 aromatic heterocycles. The number of nitrogens with zero attached hydrogens (tertiary/aromatic N) is 1. The van der Waals surface area contributed by atoms with Crippen molar-refractivity contribution in [2.75, 3.05) is 47.1 Å². The molecule has 2 heterocycles. The largest absolute Gasteiger partial charge is 0.493 e. The second-order valence-corrected chi connectivity index (χ2v) is 9.13. The summed E-state index contributed by atoms with van der Waals surface area (Å²) in [7, 11) is 2.89. The summed E-state index contributed by atoms with van der Waals surface area (Å²) < 4.78 is 22.5. The van der Waals surface area contributed by atoms with Crippen LogP contribution in [0.2, 0.25) is 0 Å². The van der Waals surface area contributed by atoms with E-state index in [0.717, 1.165) is 12.8 Å². The van der Waals surface area contributed by atoms with Gasteiger partial charge in [0.2, 0.25) is 11.8 Å². The molecule has 3 aliphatic rings. The Morgan fingerprint density at radius 2 is 2.06 bits per heavy atom. The minimum Gasteiger partial charge on any atom is -0.493 e. The number of carbonyl (C=O) groups is 2. The van der Waals surface area contributed by atoms with Crippen molar-refractivity contribution in [1.29, 1.82) is 0 Å². The van der Waals surface area contributed by atoms with Gasteiger partial charge in [-0.05, 0) is 36.6 Å². The second-order valence-electron chi connectivity index (χ2n) is 9.13. The number of amides is 2. The predicted octanol–water partition coefficient (Wildman–Crippen LogP) is -0.536. The van der Waals surface area contributed by atoms with Crippen molar-refractivity contribution in [3.63, 3.8) is 0 Å². The number of methoxy groups -OCH3 is 2. The molecule has 1 aromatic rings. The maximum absolute atomic E-state index is 13.3. The average molecular weight is 507 g/mol. The lowest BCUT2D eigenvalue weighted by atomic mass is 9.77. The van der Waals surface area contributed by atoms with E-state index in [2.05, 4.69) is 5.32 Å². The van der Waals surface area contributed by atoms with Crippen molar-refractivity contribution in [3.05, 3.63) is 34.9 Å². The van der Waals surface area contributed by atoms with Crippen LogP contribution in [0.3, 0.4) is 0 Å². The Hall–Kier alpha value is -2.70. The number of carbonyl (C=O) groups excluding carboxylic acids is 2. The van der Waals surface area contributed by atoms with E-state index in [9.17, 15) is 24.9 Å². The SMILES string of the molecule is COCC(=O)N(C[C@H]1CCCO1)[C@@H]1C=C(C(=O)NCCO)[C@@H]2c3cc(CO)cc(OC)c3O[C@@H]2[C@H]1O. The molecular formula is C25H34N2O9. The first kappa shape index (κ1) is 26.4. The van der Waals surface area contributed by atoms with E-state index in [4.69, 9.17) is 18.9 Å². The molecule has 1 aromatic carbocycles. The highest BCUT2D eigenvalue weighted by atomic mass is 16.5. The van der Waals surface area contributed by atoms with Crippen LogP contribution in [0, 0.1) is 0 Å². The van der Waals surface area contributed by atoms with Crippen LogP contribution >= 0.6 is 0 Å².